The third-order valence-electron chi connectivity index (χ3n) is 6.50. The van der Waals surface area contributed by atoms with Crippen molar-refractivity contribution in [3.05, 3.63) is 101 Å². The lowest BCUT2D eigenvalue weighted by Crippen LogP contribution is -2.40. The van der Waals surface area contributed by atoms with Crippen molar-refractivity contribution in [2.45, 2.75) is 33.7 Å². The largest absolute Gasteiger partial charge is 0.490 e. The lowest BCUT2D eigenvalue weighted by atomic mass is 9.95. The zero-order valence-corrected chi connectivity index (χ0v) is 25.7. The molecule has 0 bridgehead atoms. The summed E-state index contributed by atoms with van der Waals surface area (Å²) in [5.74, 6) is 1.54. The number of esters is 1. The van der Waals surface area contributed by atoms with Gasteiger partial charge in [-0.2, -0.15) is 0 Å². The Labute approximate surface area is 256 Å². The van der Waals surface area contributed by atoms with Crippen molar-refractivity contribution in [2.75, 3.05) is 19.8 Å². The molecule has 1 aliphatic heterocycles. The molecule has 4 aromatic rings. The number of ether oxygens (including phenoxy) is 3. The first kappa shape index (κ1) is 29.7. The summed E-state index contributed by atoms with van der Waals surface area (Å²) in [4.78, 5) is 32.3. The number of rotatable bonds is 9. The van der Waals surface area contributed by atoms with E-state index in [4.69, 9.17) is 41.8 Å². The molecule has 2 aromatic carbocycles. The van der Waals surface area contributed by atoms with Crippen LogP contribution < -0.4 is 24.4 Å². The molecule has 0 radical (unpaired) electrons. The van der Waals surface area contributed by atoms with Crippen molar-refractivity contribution in [1.29, 1.82) is 0 Å². The molecule has 5 rings (SSSR count). The third kappa shape index (κ3) is 5.77. The van der Waals surface area contributed by atoms with E-state index in [2.05, 4.69) is 4.99 Å². The van der Waals surface area contributed by atoms with Crippen LogP contribution in [0.5, 0.6) is 11.5 Å². The highest BCUT2D eigenvalue weighted by Crippen LogP contribution is 2.36. The molecular weight excluding hydrogens is 599 g/mol. The second kappa shape index (κ2) is 12.6. The number of nitrogens with zero attached hydrogens (tertiary/aromatic N) is 2. The van der Waals surface area contributed by atoms with Crippen LogP contribution in [0.25, 0.3) is 17.4 Å². The van der Waals surface area contributed by atoms with Gasteiger partial charge in [-0.3, -0.25) is 9.36 Å². The van der Waals surface area contributed by atoms with Crippen LogP contribution in [-0.4, -0.2) is 30.4 Å². The van der Waals surface area contributed by atoms with Crippen LogP contribution in [0.2, 0.25) is 10.0 Å². The highest BCUT2D eigenvalue weighted by atomic mass is 35.5. The molecule has 1 atom stereocenters. The molecule has 0 spiro atoms. The topological polar surface area (TPSA) is 92.3 Å². The van der Waals surface area contributed by atoms with Crippen LogP contribution in [0.15, 0.2) is 74.0 Å². The lowest BCUT2D eigenvalue weighted by Gasteiger charge is -2.25. The van der Waals surface area contributed by atoms with Gasteiger partial charge in [0, 0.05) is 16.7 Å². The lowest BCUT2D eigenvalue weighted by molar-refractivity contribution is -0.139. The summed E-state index contributed by atoms with van der Waals surface area (Å²) in [6, 6.07) is 13.3. The number of halogens is 2. The quantitative estimate of drug-likeness (QED) is 0.207. The Bertz CT molecular complexity index is 1870. The zero-order chi connectivity index (χ0) is 30.0. The van der Waals surface area contributed by atoms with Crippen molar-refractivity contribution in [1.82, 2.24) is 4.57 Å². The number of thiazole rings is 1. The van der Waals surface area contributed by atoms with Crippen LogP contribution in [-0.2, 0) is 9.53 Å². The normalized spacial score (nSPS) is 14.9. The van der Waals surface area contributed by atoms with E-state index in [0.717, 1.165) is 0 Å². The summed E-state index contributed by atoms with van der Waals surface area (Å²) < 4.78 is 24.9. The fourth-order valence-corrected chi connectivity index (χ4v) is 6.27. The van der Waals surface area contributed by atoms with Crippen molar-refractivity contribution < 1.29 is 23.4 Å². The van der Waals surface area contributed by atoms with E-state index < -0.39 is 12.0 Å². The Kier molecular flexibility index (Phi) is 8.91. The zero-order valence-electron chi connectivity index (χ0n) is 23.4. The SMILES string of the molecule is CCOC(=O)C1=C(C)N=c2s/c(=C\c3ccc(-c4ccc(Cl)cc4Cl)o3)c(=O)n2[C@H]1c1ccc(OCC)c(OCC)c1. The molecule has 0 saturated heterocycles. The Morgan fingerprint density at radius 2 is 1.79 bits per heavy atom. The molecule has 0 N–H and O–H groups in total. The van der Waals surface area contributed by atoms with Crippen molar-refractivity contribution >= 4 is 46.6 Å². The van der Waals surface area contributed by atoms with Crippen LogP contribution in [0.3, 0.4) is 0 Å². The Morgan fingerprint density at radius 1 is 1.02 bits per heavy atom. The molecule has 8 nitrogen and oxygen atoms in total. The van der Waals surface area contributed by atoms with E-state index >= 15 is 0 Å². The number of hydrogen-bond acceptors (Lipinski definition) is 8. The van der Waals surface area contributed by atoms with Gasteiger partial charge in [0.25, 0.3) is 5.56 Å². The Hall–Kier alpha value is -3.79. The summed E-state index contributed by atoms with van der Waals surface area (Å²) in [5, 5.41) is 0.969. The van der Waals surface area contributed by atoms with Gasteiger partial charge >= 0.3 is 5.97 Å². The van der Waals surface area contributed by atoms with Gasteiger partial charge in [-0.15, -0.1) is 0 Å². The molecule has 0 unspecified atom stereocenters. The molecule has 11 heteroatoms. The summed E-state index contributed by atoms with van der Waals surface area (Å²) in [6.07, 6.45) is 1.65. The summed E-state index contributed by atoms with van der Waals surface area (Å²) in [6.45, 7) is 8.29. The number of hydrogen-bond donors (Lipinski definition) is 0. The van der Waals surface area contributed by atoms with E-state index in [0.29, 0.717) is 72.4 Å². The van der Waals surface area contributed by atoms with E-state index in [1.165, 1.54) is 15.9 Å². The van der Waals surface area contributed by atoms with Gasteiger partial charge in [-0.1, -0.05) is 40.6 Å². The number of fused-ring (bicyclic) bond motifs is 1. The fourth-order valence-electron chi connectivity index (χ4n) is 4.74. The first-order chi connectivity index (χ1) is 20.2. The molecule has 3 heterocycles. The van der Waals surface area contributed by atoms with Crippen molar-refractivity contribution in [3.63, 3.8) is 0 Å². The minimum atomic E-state index is -0.794. The molecule has 2 aromatic heterocycles. The second-order valence-electron chi connectivity index (χ2n) is 9.20. The van der Waals surface area contributed by atoms with Gasteiger partial charge in [-0.05, 0) is 75.7 Å². The molecule has 1 aliphatic rings. The van der Waals surface area contributed by atoms with Crippen molar-refractivity contribution in [3.8, 4) is 22.8 Å². The molecular formula is C31H28Cl2N2O6S. The summed E-state index contributed by atoms with van der Waals surface area (Å²) in [7, 11) is 0. The van der Waals surface area contributed by atoms with E-state index in [9.17, 15) is 9.59 Å². The second-order valence-corrected chi connectivity index (χ2v) is 11.1. The third-order valence-corrected chi connectivity index (χ3v) is 8.03. The minimum Gasteiger partial charge on any atom is -0.490 e. The number of aromatic nitrogens is 1. The van der Waals surface area contributed by atoms with Gasteiger partial charge in [0.15, 0.2) is 16.3 Å². The van der Waals surface area contributed by atoms with Gasteiger partial charge in [-0.25, -0.2) is 9.79 Å². The highest BCUT2D eigenvalue weighted by Gasteiger charge is 2.34. The van der Waals surface area contributed by atoms with Crippen LogP contribution >= 0.6 is 34.5 Å². The minimum absolute atomic E-state index is 0.179. The van der Waals surface area contributed by atoms with E-state index in [-0.39, 0.29) is 17.7 Å². The predicted molar refractivity (Wildman–Crippen MR) is 163 cm³/mol. The highest BCUT2D eigenvalue weighted by molar-refractivity contribution is 7.07. The molecule has 0 amide bonds. The average molecular weight is 628 g/mol. The van der Waals surface area contributed by atoms with Gasteiger partial charge in [0.1, 0.15) is 11.5 Å². The summed E-state index contributed by atoms with van der Waals surface area (Å²) in [5.41, 5.74) is 1.75. The Morgan fingerprint density at radius 3 is 2.50 bits per heavy atom. The van der Waals surface area contributed by atoms with E-state index in [1.54, 1.807) is 62.4 Å². The monoisotopic (exact) mass is 626 g/mol. The first-order valence-electron chi connectivity index (χ1n) is 13.4. The number of allylic oxidation sites excluding steroid dienone is 1. The van der Waals surface area contributed by atoms with Crippen LogP contribution in [0, 0.1) is 0 Å². The van der Waals surface area contributed by atoms with Crippen LogP contribution in [0.1, 0.15) is 45.1 Å². The molecule has 0 saturated carbocycles. The molecule has 42 heavy (non-hydrogen) atoms. The maximum atomic E-state index is 14.0. The van der Waals surface area contributed by atoms with Crippen LogP contribution in [0.4, 0.5) is 0 Å². The molecule has 0 fully saturated rings. The number of carbonyl (C=O) groups excluding carboxylic acids is 1. The predicted octanol–water partition coefficient (Wildman–Crippen LogP) is 6.16. The maximum absolute atomic E-state index is 14.0. The Balaban J connectivity index is 1.65. The first-order valence-corrected chi connectivity index (χ1v) is 15.0. The maximum Gasteiger partial charge on any atom is 0.338 e. The number of carbonyl (C=O) groups is 1. The van der Waals surface area contributed by atoms with Gasteiger partial charge < -0.3 is 18.6 Å². The fraction of sp³-hybridized carbons (Fsp3) is 0.258. The van der Waals surface area contributed by atoms with Gasteiger partial charge in [0.05, 0.1) is 46.7 Å². The smallest absolute Gasteiger partial charge is 0.338 e. The average Bonchev–Trinajstić information content (AvgIpc) is 3.53. The summed E-state index contributed by atoms with van der Waals surface area (Å²) >= 11 is 13.6. The van der Waals surface area contributed by atoms with Gasteiger partial charge in [0.2, 0.25) is 0 Å². The van der Waals surface area contributed by atoms with Crippen molar-refractivity contribution in [2.24, 2.45) is 4.99 Å². The molecule has 0 aliphatic carbocycles. The number of benzene rings is 2. The number of furan rings is 1. The van der Waals surface area contributed by atoms with E-state index in [1.807, 2.05) is 19.9 Å². The standard InChI is InChI=1S/C31H28Cl2N2O6S/c1-5-38-24-12-8-18(14-25(24)39-6-2)28-27(30(37)40-7-3)17(4)34-31-35(28)29(36)26(42-31)16-20-10-13-23(41-20)21-11-9-19(32)15-22(21)33/h8-16,28H,5-7H2,1-4H3/b26-16-/t28-/m0/s1. The molecule has 218 valence electrons.